The van der Waals surface area contributed by atoms with Crippen LogP contribution in [-0.2, 0) is 52.5 Å². The molecule has 0 spiro atoms. The van der Waals surface area contributed by atoms with Crippen molar-refractivity contribution in [3.05, 3.63) is 0 Å². The Bertz CT molecular complexity index is 2040. The molecule has 15 nitrogen and oxygen atoms in total. The van der Waals surface area contributed by atoms with Crippen LogP contribution in [0, 0.1) is 0 Å². The Morgan fingerprint density at radius 1 is 0.261 bits per heavy atom. The zero-order chi connectivity index (χ0) is 81.5. The van der Waals surface area contributed by atoms with Crippen molar-refractivity contribution in [2.75, 3.05) is 49.3 Å². The number of Topliss-reactive ketones (excluding diaryl/α,β-unsaturated/α-hetero) is 2. The molecule has 0 aliphatic carbocycles. The highest BCUT2D eigenvalue weighted by Gasteiger charge is 2.24. The maximum atomic E-state index is 13.0. The van der Waals surface area contributed by atoms with E-state index in [2.05, 4.69) is 39.9 Å². The first kappa shape index (κ1) is 110. The normalized spacial score (nSPS) is 12.4. The molecule has 656 valence electrons. The highest BCUT2D eigenvalue weighted by atomic mass is 32.2. The molecule has 111 heavy (non-hydrogen) atoms. The van der Waals surface area contributed by atoms with E-state index in [0.717, 1.165) is 96.3 Å². The van der Waals surface area contributed by atoms with Gasteiger partial charge in [-0.05, 0) is 32.1 Å². The second-order valence-corrected chi connectivity index (χ2v) is 34.8. The molecule has 0 aromatic rings. The van der Waals surface area contributed by atoms with Crippen LogP contribution in [0.25, 0.3) is 0 Å². The van der Waals surface area contributed by atoms with Gasteiger partial charge in [-0.2, -0.15) is 23.5 Å². The minimum atomic E-state index is -0.704. The van der Waals surface area contributed by atoms with Gasteiger partial charge in [-0.1, -0.05) is 420 Å². The number of unbranched alkanes of at least 4 members (excludes halogenated alkanes) is 60. The highest BCUT2D eigenvalue weighted by molar-refractivity contribution is 7.99. The van der Waals surface area contributed by atoms with E-state index in [1.807, 2.05) is 0 Å². The van der Waals surface area contributed by atoms with Crippen LogP contribution >= 0.6 is 23.5 Å². The maximum absolute atomic E-state index is 13.0. The number of esters is 4. The quantitative estimate of drug-likeness (QED) is 0.0251. The summed E-state index contributed by atoms with van der Waals surface area (Å²) in [6.07, 6.45) is 81.9. The summed E-state index contributed by atoms with van der Waals surface area (Å²) < 4.78 is 22.8. The van der Waals surface area contributed by atoms with Gasteiger partial charge in [0.1, 0.15) is 25.4 Å². The Labute approximate surface area is 693 Å². The molecule has 0 radical (unpaired) electrons. The van der Waals surface area contributed by atoms with Crippen molar-refractivity contribution in [2.24, 2.45) is 17.2 Å². The van der Waals surface area contributed by atoms with E-state index in [4.69, 9.17) is 36.1 Å². The summed E-state index contributed by atoms with van der Waals surface area (Å²) in [7, 11) is 0. The molecule has 7 N–H and O–H groups in total. The third-order valence-electron chi connectivity index (χ3n) is 21.6. The smallest absolute Gasteiger partial charge is 0.306 e. The van der Waals surface area contributed by atoms with Gasteiger partial charge >= 0.3 is 23.9 Å². The second-order valence-electron chi connectivity index (χ2n) is 32.7. The average Bonchev–Trinajstić information content (AvgIpc) is 0.923. The fourth-order valence-corrected chi connectivity index (χ4v) is 16.3. The highest BCUT2D eigenvalue weighted by Crippen LogP contribution is 2.22. The minimum Gasteiger partial charge on any atom is -0.462 e. The summed E-state index contributed by atoms with van der Waals surface area (Å²) in [5.41, 5.74) is 17.1. The van der Waals surface area contributed by atoms with Gasteiger partial charge in [0.15, 0.2) is 11.6 Å². The molecule has 0 aliphatic heterocycles. The molecular weight excluding hydrogens is 1430 g/mol. The van der Waals surface area contributed by atoms with Crippen LogP contribution in [0.3, 0.4) is 0 Å². The number of hydrogen-bond acceptors (Lipinski definition) is 16. The molecule has 1 amide bonds. The van der Waals surface area contributed by atoms with Gasteiger partial charge in [0.2, 0.25) is 5.91 Å². The lowest BCUT2D eigenvalue weighted by Gasteiger charge is -2.20. The van der Waals surface area contributed by atoms with Gasteiger partial charge in [-0.15, -0.1) is 0 Å². The number of ether oxygens (including phenoxy) is 4. The van der Waals surface area contributed by atoms with E-state index in [-0.39, 0.29) is 67.7 Å². The monoisotopic (exact) mass is 1610 g/mol. The van der Waals surface area contributed by atoms with Crippen LogP contribution in [0.4, 0.5) is 0 Å². The van der Waals surface area contributed by atoms with Crippen molar-refractivity contribution in [2.45, 2.75) is 508 Å². The van der Waals surface area contributed by atoms with E-state index >= 15 is 0 Å². The molecule has 0 aromatic heterocycles. The third-order valence-corrected chi connectivity index (χ3v) is 24.0. The SMILES string of the molecule is CCCCCCCCCCCCCCCC(=O)N[C@@H](CSC[C@@H](COC(=O)CCCCCCCCCCCCCCC)OC(=O)CCCCCCCCCCCCCCC)C(=O)CN.CCCCCCCCCCCCCCCC(=O)OC[C@H](CSC[C@H](N)C(=O)CN)OC(=O)CCCCCCCCCCCCCCC. The standard InChI is InChI=1S/C55H106N2O6S.C39H76N2O5S/c1-4-7-10-13-16-19-22-25-28-31-34-37-40-43-53(59)57-51(52(58)46-56)49-64-48-50(63-55(61)45-42-39-36-33-30-27-24-21-18-15-12-9-6-3)47-62-54(60)44-41-38-35-32-29-26-23-20-17-14-11-8-5-2;1-3-5-7-9-11-13-15-17-19-21-23-25-27-29-38(43)45-32-35(33-47-34-36(41)37(42)31-40)46-39(44)30-28-26-24-22-20-18-16-14-12-10-8-6-4-2/h50-51H,4-49,56H2,1-3H3,(H,57,59);35-36H,3-34,40-41H2,1-2H3/t50-,51+;35-,36+/m11/s1. The largest absolute Gasteiger partial charge is 0.462 e. The molecule has 0 heterocycles. The minimum absolute atomic E-state index is 0.00443. The van der Waals surface area contributed by atoms with Gasteiger partial charge in [-0.3, -0.25) is 33.6 Å². The molecule has 0 saturated heterocycles. The molecule has 0 unspecified atom stereocenters. The lowest BCUT2D eigenvalue weighted by molar-refractivity contribution is -0.157. The van der Waals surface area contributed by atoms with Crippen LogP contribution < -0.4 is 22.5 Å². The van der Waals surface area contributed by atoms with E-state index in [0.29, 0.717) is 55.1 Å². The number of rotatable bonds is 89. The van der Waals surface area contributed by atoms with Crippen molar-refractivity contribution in [3.63, 3.8) is 0 Å². The molecule has 17 heteroatoms. The molecule has 0 bridgehead atoms. The predicted molar refractivity (Wildman–Crippen MR) is 476 cm³/mol. The maximum Gasteiger partial charge on any atom is 0.306 e. The van der Waals surface area contributed by atoms with Crippen molar-refractivity contribution >= 4 is 64.9 Å². The molecule has 0 rings (SSSR count). The van der Waals surface area contributed by atoms with Crippen molar-refractivity contribution in [3.8, 4) is 0 Å². The topological polar surface area (TPSA) is 246 Å². The van der Waals surface area contributed by atoms with Crippen molar-refractivity contribution in [1.82, 2.24) is 5.32 Å². The molecular formula is C94H182N4O11S2. The number of thioether (sulfide) groups is 2. The number of carbonyl (C=O) groups excluding carboxylic acids is 7. The van der Waals surface area contributed by atoms with Crippen LogP contribution in [-0.4, -0.2) is 115 Å². The van der Waals surface area contributed by atoms with Crippen LogP contribution in [0.1, 0.15) is 484 Å². The predicted octanol–water partition coefficient (Wildman–Crippen LogP) is 25.6. The van der Waals surface area contributed by atoms with Crippen LogP contribution in [0.2, 0.25) is 0 Å². The van der Waals surface area contributed by atoms with Gasteiger partial charge in [0.25, 0.3) is 0 Å². The third kappa shape index (κ3) is 85.0. The summed E-state index contributed by atoms with van der Waals surface area (Å²) >= 11 is 2.84. The molecule has 0 aliphatic rings. The molecule has 4 atom stereocenters. The second kappa shape index (κ2) is 91.2. The Morgan fingerprint density at radius 3 is 0.703 bits per heavy atom. The fourth-order valence-electron chi connectivity index (χ4n) is 14.2. The first-order valence-electron chi connectivity index (χ1n) is 47.7. The number of carbonyl (C=O) groups is 7. The summed E-state index contributed by atoms with van der Waals surface area (Å²) in [6.45, 7) is 11.1. The van der Waals surface area contributed by atoms with Crippen molar-refractivity contribution in [1.29, 1.82) is 0 Å². The number of hydrogen-bond donors (Lipinski definition) is 4. The van der Waals surface area contributed by atoms with Crippen LogP contribution in [0.15, 0.2) is 0 Å². The fraction of sp³-hybridized carbons (Fsp3) is 0.926. The van der Waals surface area contributed by atoms with Crippen molar-refractivity contribution < 1.29 is 52.5 Å². The van der Waals surface area contributed by atoms with E-state index in [9.17, 15) is 33.6 Å². The summed E-state index contributed by atoms with van der Waals surface area (Å²) in [4.78, 5) is 88.1. The van der Waals surface area contributed by atoms with Gasteiger partial charge in [0.05, 0.1) is 25.2 Å². The summed E-state index contributed by atoms with van der Waals surface area (Å²) in [5.74, 6) is -0.0945. The van der Waals surface area contributed by atoms with E-state index in [1.165, 1.54) is 345 Å². The average molecular weight is 1610 g/mol. The Balaban J connectivity index is 0. The Hall–Kier alpha value is -2.73. The van der Waals surface area contributed by atoms with Crippen LogP contribution in [0.5, 0.6) is 0 Å². The first-order valence-corrected chi connectivity index (χ1v) is 50.0. The van der Waals surface area contributed by atoms with E-state index in [1.54, 1.807) is 0 Å². The van der Waals surface area contributed by atoms with Gasteiger partial charge in [-0.25, -0.2) is 0 Å². The van der Waals surface area contributed by atoms with Gasteiger partial charge in [0, 0.05) is 55.1 Å². The number of nitrogens with one attached hydrogen (secondary N) is 1. The lowest BCUT2D eigenvalue weighted by atomic mass is 10.0. The van der Waals surface area contributed by atoms with E-state index < -0.39 is 24.3 Å². The number of ketones is 2. The zero-order valence-electron chi connectivity index (χ0n) is 73.5. The van der Waals surface area contributed by atoms with Gasteiger partial charge < -0.3 is 41.5 Å². The number of nitrogens with two attached hydrogens (primary N) is 3. The molecule has 0 saturated carbocycles. The lowest BCUT2D eigenvalue weighted by Crippen LogP contribution is -2.45. The molecule has 0 fully saturated rings. The Morgan fingerprint density at radius 2 is 0.468 bits per heavy atom. The Kier molecular flexibility index (Phi) is 90.6. The summed E-state index contributed by atoms with van der Waals surface area (Å²) in [5, 5.41) is 2.92. The first-order chi connectivity index (χ1) is 54.3. The number of amides is 1. The zero-order valence-corrected chi connectivity index (χ0v) is 75.1. The summed E-state index contributed by atoms with van der Waals surface area (Å²) in [6, 6.07) is -1.35. The molecule has 0 aromatic carbocycles.